The van der Waals surface area contributed by atoms with Gasteiger partial charge in [-0.05, 0) is 66.8 Å². The SMILES string of the molecule is O=C(O)COc1c(C(=O)O)sc(-c2cccc(NC3CCN(S(=O)(=O)Cc4cccc(NC(=O)N5CCC(Oc6cccc7c6CN(C6CCC(=O)NC6=O)C7=O)CC5)c4)CC3)c2)c1Cl. The van der Waals surface area contributed by atoms with E-state index < -0.39 is 40.5 Å². The van der Waals surface area contributed by atoms with Gasteiger partial charge in [0.25, 0.3) is 5.91 Å². The molecule has 18 nitrogen and oxygen atoms in total. The van der Waals surface area contributed by atoms with Crippen molar-refractivity contribution in [3.63, 3.8) is 0 Å². The molecule has 0 spiro atoms. The van der Waals surface area contributed by atoms with Crippen molar-refractivity contribution in [2.75, 3.05) is 43.4 Å². The third kappa shape index (κ3) is 10.2. The molecule has 5 heterocycles. The zero-order valence-electron chi connectivity index (χ0n) is 34.8. The maximum Gasteiger partial charge on any atom is 0.349 e. The van der Waals surface area contributed by atoms with E-state index in [1.54, 1.807) is 65.6 Å². The second-order valence-corrected chi connectivity index (χ2v) is 19.5. The summed E-state index contributed by atoms with van der Waals surface area (Å²) in [5.74, 6) is -3.60. The predicted molar refractivity (Wildman–Crippen MR) is 239 cm³/mol. The van der Waals surface area contributed by atoms with Gasteiger partial charge in [0.1, 0.15) is 22.9 Å². The Hall–Kier alpha value is -6.22. The molecule has 3 saturated heterocycles. The minimum absolute atomic E-state index is 0.00213. The van der Waals surface area contributed by atoms with Gasteiger partial charge < -0.3 is 40.1 Å². The molecule has 4 aliphatic rings. The highest BCUT2D eigenvalue weighted by Crippen LogP contribution is 2.46. The van der Waals surface area contributed by atoms with Crippen molar-refractivity contribution in [2.45, 2.75) is 69.0 Å². The molecule has 3 fully saturated rings. The Labute approximate surface area is 382 Å². The first-order valence-electron chi connectivity index (χ1n) is 21.0. The number of nitrogens with zero attached hydrogens (tertiary/aromatic N) is 3. The molecule has 0 radical (unpaired) electrons. The zero-order chi connectivity index (χ0) is 46.0. The lowest BCUT2D eigenvalue weighted by Gasteiger charge is -2.33. The molecule has 0 aliphatic carbocycles. The lowest BCUT2D eigenvalue weighted by Crippen LogP contribution is -2.52. The average Bonchev–Trinajstić information content (AvgIpc) is 3.79. The second kappa shape index (κ2) is 19.1. The minimum atomic E-state index is -3.71. The molecule has 65 heavy (non-hydrogen) atoms. The molecule has 0 bridgehead atoms. The number of piperidine rings is 3. The van der Waals surface area contributed by atoms with Crippen LogP contribution in [0.15, 0.2) is 66.7 Å². The van der Waals surface area contributed by atoms with Crippen LogP contribution in [-0.2, 0) is 36.7 Å². The maximum atomic E-state index is 13.6. The number of fused-ring (bicyclic) bond motifs is 1. The van der Waals surface area contributed by atoms with Crippen LogP contribution in [0.2, 0.25) is 5.02 Å². The van der Waals surface area contributed by atoms with Crippen molar-refractivity contribution >= 4 is 80.0 Å². The van der Waals surface area contributed by atoms with Gasteiger partial charge in [0.05, 0.1) is 17.2 Å². The Kier molecular flexibility index (Phi) is 13.3. The van der Waals surface area contributed by atoms with E-state index in [2.05, 4.69) is 16.0 Å². The van der Waals surface area contributed by atoms with E-state index in [0.29, 0.717) is 83.0 Å². The van der Waals surface area contributed by atoms with Crippen LogP contribution in [0.25, 0.3) is 10.4 Å². The fourth-order valence-corrected chi connectivity index (χ4v) is 11.5. The van der Waals surface area contributed by atoms with Crippen LogP contribution in [0.5, 0.6) is 11.5 Å². The van der Waals surface area contributed by atoms with Crippen LogP contribution in [0.1, 0.15) is 69.7 Å². The monoisotopic (exact) mass is 948 g/mol. The number of aromatic carboxylic acids is 1. The summed E-state index contributed by atoms with van der Waals surface area (Å²) in [6, 6.07) is 18.0. The highest BCUT2D eigenvalue weighted by Gasteiger charge is 2.40. The molecule has 4 aromatic rings. The maximum absolute atomic E-state index is 13.6. The number of carbonyl (C=O) groups is 6. The van der Waals surface area contributed by atoms with Crippen LogP contribution < -0.4 is 25.4 Å². The zero-order valence-corrected chi connectivity index (χ0v) is 37.2. The summed E-state index contributed by atoms with van der Waals surface area (Å²) in [6.45, 7) is 0.814. The number of carboxylic acids is 2. The second-order valence-electron chi connectivity index (χ2n) is 16.2. The Morgan fingerprint density at radius 2 is 1.62 bits per heavy atom. The number of thiophene rings is 1. The van der Waals surface area contributed by atoms with E-state index in [-0.39, 0.29) is 83.9 Å². The van der Waals surface area contributed by atoms with Gasteiger partial charge in [-0.15, -0.1) is 11.3 Å². The summed E-state index contributed by atoms with van der Waals surface area (Å²) >= 11 is 7.36. The lowest BCUT2D eigenvalue weighted by atomic mass is 10.0. The topological polar surface area (TPSA) is 241 Å². The number of halogens is 1. The number of rotatable bonds is 14. The lowest BCUT2D eigenvalue weighted by molar-refractivity contribution is -0.139. The Morgan fingerprint density at radius 1 is 0.892 bits per heavy atom. The molecule has 21 heteroatoms. The predicted octanol–water partition coefficient (Wildman–Crippen LogP) is 5.47. The van der Waals surface area contributed by atoms with Gasteiger partial charge >= 0.3 is 18.0 Å². The number of aliphatic carboxylic acids is 1. The molecule has 1 aromatic heterocycles. The van der Waals surface area contributed by atoms with Crippen molar-refractivity contribution in [1.29, 1.82) is 0 Å². The molecule has 5 amide bonds. The molecule has 8 rings (SSSR count). The third-order valence-corrected chi connectivity index (χ3v) is 15.3. The van der Waals surface area contributed by atoms with Crippen LogP contribution in [0.3, 0.4) is 0 Å². The number of likely N-dealkylation sites (tertiary alicyclic amines) is 1. The summed E-state index contributed by atoms with van der Waals surface area (Å²) in [4.78, 5) is 77.0. The van der Waals surface area contributed by atoms with E-state index in [4.69, 9.17) is 26.2 Å². The van der Waals surface area contributed by atoms with E-state index in [1.807, 2.05) is 6.07 Å². The number of ether oxygens (including phenoxy) is 2. The number of carbonyl (C=O) groups excluding carboxylic acids is 4. The van der Waals surface area contributed by atoms with Crippen molar-refractivity contribution in [1.82, 2.24) is 19.4 Å². The first-order valence-corrected chi connectivity index (χ1v) is 23.8. The molecule has 342 valence electrons. The number of amides is 5. The number of hydrogen-bond donors (Lipinski definition) is 5. The number of sulfonamides is 1. The Balaban J connectivity index is 0.806. The third-order valence-electron chi connectivity index (χ3n) is 11.8. The largest absolute Gasteiger partial charge is 0.490 e. The van der Waals surface area contributed by atoms with Gasteiger partial charge in [0, 0.05) is 74.0 Å². The van der Waals surface area contributed by atoms with E-state index in [0.717, 1.165) is 11.3 Å². The quantitative estimate of drug-likeness (QED) is 0.0987. The fourth-order valence-electron chi connectivity index (χ4n) is 8.52. The molecule has 5 N–H and O–H groups in total. The normalized spacial score (nSPS) is 18.5. The fraction of sp³-hybridized carbons (Fsp3) is 0.364. The molecule has 4 aliphatic heterocycles. The van der Waals surface area contributed by atoms with E-state index >= 15 is 0 Å². The molecule has 1 atom stereocenters. The number of nitrogens with one attached hydrogen (secondary N) is 3. The average molecular weight is 949 g/mol. The Bertz CT molecular complexity index is 2660. The smallest absolute Gasteiger partial charge is 0.349 e. The van der Waals surface area contributed by atoms with Crippen LogP contribution in [0, 0.1) is 0 Å². The standard InChI is InChI=1S/C44H45ClN6O12S2/c45-37-38(62-23-36(53)54)40(43(57)58)64-39(37)26-5-2-7-29(21-26)46-27-12-18-50(19-13-27)65(60,61)24-25-4-1-6-28(20-25)47-44(59)49-16-14-30(15-17-49)63-34-9-3-8-31-32(34)22-51(42(31)56)33-10-11-35(52)48-41(33)55/h1-9,20-21,27,30,33,46H,10-19,22-24H2,(H,47,59)(H,53,54)(H,57,58)(H,48,52,55). The van der Waals surface area contributed by atoms with Gasteiger partial charge in [-0.3, -0.25) is 19.7 Å². The molecule has 1 unspecified atom stereocenters. The van der Waals surface area contributed by atoms with E-state index in [9.17, 15) is 42.3 Å². The van der Waals surface area contributed by atoms with Crippen LogP contribution in [-0.4, -0.2) is 119 Å². The van der Waals surface area contributed by atoms with Crippen molar-refractivity contribution in [3.8, 4) is 21.9 Å². The summed E-state index contributed by atoms with van der Waals surface area (Å²) in [5, 5.41) is 27.3. The first-order chi connectivity index (χ1) is 31.1. The number of urea groups is 1. The minimum Gasteiger partial charge on any atom is -0.490 e. The molecule has 3 aromatic carbocycles. The van der Waals surface area contributed by atoms with Gasteiger partial charge in [-0.1, -0.05) is 41.9 Å². The van der Waals surface area contributed by atoms with Crippen molar-refractivity contribution < 1.29 is 56.9 Å². The number of hydrogen-bond acceptors (Lipinski definition) is 12. The van der Waals surface area contributed by atoms with Crippen LogP contribution in [0.4, 0.5) is 16.2 Å². The van der Waals surface area contributed by atoms with E-state index in [1.165, 1.54) is 9.21 Å². The van der Waals surface area contributed by atoms with Crippen molar-refractivity contribution in [3.05, 3.63) is 93.3 Å². The first kappa shape index (κ1) is 45.4. The van der Waals surface area contributed by atoms with Gasteiger partial charge in [0.15, 0.2) is 17.2 Å². The highest BCUT2D eigenvalue weighted by molar-refractivity contribution is 7.88. The summed E-state index contributed by atoms with van der Waals surface area (Å²) in [7, 11) is -3.71. The van der Waals surface area contributed by atoms with Gasteiger partial charge in [-0.25, -0.2) is 27.1 Å². The highest BCUT2D eigenvalue weighted by atomic mass is 35.5. The number of benzene rings is 3. The molecular formula is C44H45ClN6O12S2. The summed E-state index contributed by atoms with van der Waals surface area (Å²) in [6.07, 6.45) is 2.32. The van der Waals surface area contributed by atoms with Gasteiger partial charge in [-0.2, -0.15) is 0 Å². The number of anilines is 2. The number of imide groups is 1. The number of carboxylic acid groups (broad SMARTS) is 2. The molecular weight excluding hydrogens is 904 g/mol. The van der Waals surface area contributed by atoms with Crippen LogP contribution >= 0.6 is 22.9 Å². The summed E-state index contributed by atoms with van der Waals surface area (Å²) < 4.78 is 40.2. The van der Waals surface area contributed by atoms with Gasteiger partial charge in [0.2, 0.25) is 21.8 Å². The Morgan fingerprint density at radius 3 is 2.34 bits per heavy atom. The summed E-state index contributed by atoms with van der Waals surface area (Å²) in [5.41, 5.74) is 3.45. The van der Waals surface area contributed by atoms with Crippen molar-refractivity contribution in [2.24, 2.45) is 0 Å². The molecule has 0 saturated carbocycles.